The maximum Gasteiger partial charge on any atom is 0.255 e. The zero-order chi connectivity index (χ0) is 22.2. The predicted octanol–water partition coefficient (Wildman–Crippen LogP) is 5.11. The number of rotatable bonds is 5. The van der Waals surface area contributed by atoms with E-state index in [1.54, 1.807) is 0 Å². The molecule has 2 aliphatic carbocycles. The van der Waals surface area contributed by atoms with Gasteiger partial charge in [0.05, 0.1) is 16.3 Å². The number of sulfonamides is 1. The zero-order valence-electron chi connectivity index (χ0n) is 16.8. The lowest BCUT2D eigenvalue weighted by Gasteiger charge is -2.24. The molecule has 5 nitrogen and oxygen atoms in total. The summed E-state index contributed by atoms with van der Waals surface area (Å²) in [7, 11) is -3.58. The molecule has 1 saturated carbocycles. The van der Waals surface area contributed by atoms with Gasteiger partial charge >= 0.3 is 0 Å². The molecule has 0 aliphatic heterocycles. The van der Waals surface area contributed by atoms with Crippen LogP contribution in [0.1, 0.15) is 66.1 Å². The summed E-state index contributed by atoms with van der Waals surface area (Å²) in [4.78, 5) is 12.8. The van der Waals surface area contributed by atoms with Crippen molar-refractivity contribution < 1.29 is 22.0 Å². The summed E-state index contributed by atoms with van der Waals surface area (Å²) in [6.07, 6.45) is 4.76. The molecular weight excluding hydrogens is 446 g/mol. The lowest BCUT2D eigenvalue weighted by atomic mass is 10.0. The fraction of sp³-hybridized carbons (Fsp3) is 0.409. The summed E-state index contributed by atoms with van der Waals surface area (Å²) in [5.41, 5.74) is 1.28. The van der Waals surface area contributed by atoms with E-state index in [1.165, 1.54) is 24.3 Å². The van der Waals surface area contributed by atoms with Crippen LogP contribution >= 0.6 is 11.6 Å². The monoisotopic (exact) mass is 468 g/mol. The van der Waals surface area contributed by atoms with Crippen molar-refractivity contribution in [1.29, 1.82) is 0 Å². The standard InChI is InChI=1S/C22H23ClF2N2O3S/c23-17-12-13(6-9-18(17)24)26-22(28)16-7-10-19(25)21-15(16)8-11-20(21)27-31(29,30)14-4-2-1-3-5-14/h6-7,9-10,12,14,20,27H,1-5,8,11H2,(H,26,28)/t20-/m0/s1. The second-order valence-corrected chi connectivity index (χ2v) is 10.5. The van der Waals surface area contributed by atoms with Gasteiger partial charge < -0.3 is 5.32 Å². The van der Waals surface area contributed by atoms with Crippen LogP contribution in [0.15, 0.2) is 30.3 Å². The van der Waals surface area contributed by atoms with Crippen molar-refractivity contribution in [3.63, 3.8) is 0 Å². The third kappa shape index (κ3) is 4.61. The minimum absolute atomic E-state index is 0.126. The van der Waals surface area contributed by atoms with Gasteiger partial charge in [-0.2, -0.15) is 0 Å². The van der Waals surface area contributed by atoms with E-state index >= 15 is 0 Å². The topological polar surface area (TPSA) is 75.3 Å². The Hall–Kier alpha value is -2.03. The van der Waals surface area contributed by atoms with Crippen molar-refractivity contribution >= 4 is 33.2 Å². The highest BCUT2D eigenvalue weighted by atomic mass is 35.5. The summed E-state index contributed by atoms with van der Waals surface area (Å²) in [6, 6.07) is 5.67. The number of benzene rings is 2. The fourth-order valence-electron chi connectivity index (χ4n) is 4.49. The predicted molar refractivity (Wildman–Crippen MR) is 116 cm³/mol. The van der Waals surface area contributed by atoms with Gasteiger partial charge in [0.15, 0.2) is 0 Å². The molecule has 0 spiro atoms. The van der Waals surface area contributed by atoms with Gasteiger partial charge in [-0.25, -0.2) is 21.9 Å². The molecule has 2 aliphatic rings. The van der Waals surface area contributed by atoms with Gasteiger partial charge in [-0.15, -0.1) is 0 Å². The Morgan fingerprint density at radius 1 is 1.00 bits per heavy atom. The van der Waals surface area contributed by atoms with Crippen molar-refractivity contribution in [3.05, 3.63) is 63.7 Å². The Bertz CT molecular complexity index is 1120. The van der Waals surface area contributed by atoms with Gasteiger partial charge in [0.2, 0.25) is 10.0 Å². The Labute approximate surface area is 185 Å². The number of carbonyl (C=O) groups excluding carboxylic acids is 1. The van der Waals surface area contributed by atoms with E-state index in [1.807, 2.05) is 0 Å². The van der Waals surface area contributed by atoms with E-state index in [9.17, 15) is 22.0 Å². The third-order valence-corrected chi connectivity index (χ3v) is 8.31. The molecule has 2 N–H and O–H groups in total. The number of carbonyl (C=O) groups is 1. The smallest absolute Gasteiger partial charge is 0.255 e. The van der Waals surface area contributed by atoms with E-state index in [2.05, 4.69) is 10.0 Å². The average Bonchev–Trinajstić information content (AvgIpc) is 3.15. The summed E-state index contributed by atoms with van der Waals surface area (Å²) < 4.78 is 56.4. The molecule has 0 aromatic heterocycles. The van der Waals surface area contributed by atoms with Crippen LogP contribution in [0.4, 0.5) is 14.5 Å². The Kier molecular flexibility index (Phi) is 6.32. The first-order chi connectivity index (χ1) is 14.8. The molecule has 0 unspecified atom stereocenters. The number of hydrogen-bond acceptors (Lipinski definition) is 3. The fourth-order valence-corrected chi connectivity index (χ4v) is 6.45. The van der Waals surface area contributed by atoms with Crippen LogP contribution in [0.25, 0.3) is 0 Å². The third-order valence-electron chi connectivity index (χ3n) is 6.05. The van der Waals surface area contributed by atoms with Crippen molar-refractivity contribution in [2.45, 2.75) is 56.2 Å². The van der Waals surface area contributed by atoms with Crippen LogP contribution in [0.2, 0.25) is 5.02 Å². The van der Waals surface area contributed by atoms with Gasteiger partial charge in [0.1, 0.15) is 11.6 Å². The molecule has 2 aromatic rings. The number of halogens is 3. The van der Waals surface area contributed by atoms with E-state index in [0.29, 0.717) is 36.9 Å². The molecule has 1 fully saturated rings. The minimum atomic E-state index is -3.58. The van der Waals surface area contributed by atoms with E-state index < -0.39 is 38.9 Å². The highest BCUT2D eigenvalue weighted by molar-refractivity contribution is 7.90. The summed E-state index contributed by atoms with van der Waals surface area (Å²) in [5.74, 6) is -1.63. The lowest BCUT2D eigenvalue weighted by molar-refractivity contribution is 0.102. The van der Waals surface area contributed by atoms with E-state index in [4.69, 9.17) is 11.6 Å². The minimum Gasteiger partial charge on any atom is -0.322 e. The number of amides is 1. The molecular formula is C22H23ClF2N2O3S. The maximum absolute atomic E-state index is 14.7. The first-order valence-electron chi connectivity index (χ1n) is 10.3. The normalized spacial score (nSPS) is 19.3. The van der Waals surface area contributed by atoms with Crippen molar-refractivity contribution in [1.82, 2.24) is 4.72 Å². The van der Waals surface area contributed by atoms with Gasteiger partial charge in [-0.3, -0.25) is 4.79 Å². The van der Waals surface area contributed by atoms with E-state index in [-0.39, 0.29) is 16.1 Å². The van der Waals surface area contributed by atoms with Gasteiger partial charge in [0, 0.05) is 16.8 Å². The maximum atomic E-state index is 14.7. The van der Waals surface area contributed by atoms with Gasteiger partial charge in [-0.1, -0.05) is 30.9 Å². The molecule has 166 valence electrons. The second kappa shape index (κ2) is 8.84. The first kappa shape index (κ1) is 22.2. The van der Waals surface area contributed by atoms with E-state index in [0.717, 1.165) is 25.3 Å². The number of fused-ring (bicyclic) bond motifs is 1. The molecule has 1 atom stereocenters. The summed E-state index contributed by atoms with van der Waals surface area (Å²) in [5, 5.41) is 2.06. The van der Waals surface area contributed by atoms with Crippen molar-refractivity contribution in [2.75, 3.05) is 5.32 Å². The average molecular weight is 469 g/mol. The molecule has 31 heavy (non-hydrogen) atoms. The Morgan fingerprint density at radius 2 is 1.71 bits per heavy atom. The number of nitrogens with one attached hydrogen (secondary N) is 2. The van der Waals surface area contributed by atoms with Crippen LogP contribution in [-0.2, 0) is 16.4 Å². The quantitative estimate of drug-likeness (QED) is 0.640. The van der Waals surface area contributed by atoms with Gasteiger partial charge in [-0.05, 0) is 61.6 Å². The van der Waals surface area contributed by atoms with Crippen molar-refractivity contribution in [2.24, 2.45) is 0 Å². The van der Waals surface area contributed by atoms with Crippen LogP contribution in [0.5, 0.6) is 0 Å². The van der Waals surface area contributed by atoms with Crippen LogP contribution in [0, 0.1) is 11.6 Å². The number of anilines is 1. The first-order valence-corrected chi connectivity index (χ1v) is 12.3. The highest BCUT2D eigenvalue weighted by Gasteiger charge is 2.35. The molecule has 0 saturated heterocycles. The van der Waals surface area contributed by atoms with Crippen LogP contribution in [0.3, 0.4) is 0 Å². The highest BCUT2D eigenvalue weighted by Crippen LogP contribution is 2.37. The molecule has 2 aromatic carbocycles. The SMILES string of the molecule is O=C(Nc1ccc(F)c(Cl)c1)c1ccc(F)c2c1CC[C@@H]2NS(=O)(=O)C1CCCCC1. The molecule has 0 heterocycles. The molecule has 1 amide bonds. The Balaban J connectivity index is 1.57. The van der Waals surface area contributed by atoms with Crippen molar-refractivity contribution in [3.8, 4) is 0 Å². The van der Waals surface area contributed by atoms with Crippen LogP contribution < -0.4 is 10.0 Å². The second-order valence-electron chi connectivity index (χ2n) is 8.08. The summed E-state index contributed by atoms with van der Waals surface area (Å²) >= 11 is 5.76. The van der Waals surface area contributed by atoms with Gasteiger partial charge in [0.25, 0.3) is 5.91 Å². The molecule has 9 heteroatoms. The number of hydrogen-bond donors (Lipinski definition) is 2. The largest absolute Gasteiger partial charge is 0.322 e. The zero-order valence-corrected chi connectivity index (χ0v) is 18.3. The van der Waals surface area contributed by atoms with Crippen LogP contribution in [-0.4, -0.2) is 19.6 Å². The summed E-state index contributed by atoms with van der Waals surface area (Å²) in [6.45, 7) is 0. The lowest BCUT2D eigenvalue weighted by Crippen LogP contribution is -2.37. The Morgan fingerprint density at radius 3 is 2.42 bits per heavy atom. The molecule has 0 radical (unpaired) electrons. The molecule has 4 rings (SSSR count). The molecule has 0 bridgehead atoms.